The second-order valence-corrected chi connectivity index (χ2v) is 11.1. The van der Waals surface area contributed by atoms with Crippen LogP contribution in [0.15, 0.2) is 94.0 Å². The molecule has 0 saturated carbocycles. The van der Waals surface area contributed by atoms with Gasteiger partial charge in [0.25, 0.3) is 0 Å². The summed E-state index contributed by atoms with van der Waals surface area (Å²) in [5.41, 5.74) is 4.39. The number of carboxylic acids is 2. The van der Waals surface area contributed by atoms with E-state index in [4.69, 9.17) is 17.5 Å². The van der Waals surface area contributed by atoms with Crippen molar-refractivity contribution >= 4 is 41.1 Å². The molecule has 4 rings (SSSR count). The zero-order valence-electron chi connectivity index (χ0n) is 23.8. The molecule has 1 aliphatic carbocycles. The highest BCUT2D eigenvalue weighted by atomic mass is 32.2. The van der Waals surface area contributed by atoms with E-state index in [9.17, 15) is 19.8 Å². The Bertz CT molecular complexity index is 1640. The van der Waals surface area contributed by atoms with Gasteiger partial charge in [0.05, 0.1) is 22.2 Å². The Hall–Kier alpha value is -4.50. The second-order valence-electron chi connectivity index (χ2n) is 10.1. The average Bonchev–Trinajstić information content (AvgIpc) is 3.02. The van der Waals surface area contributed by atoms with Crippen molar-refractivity contribution in [1.29, 1.82) is 5.26 Å². The third-order valence-electron chi connectivity index (χ3n) is 6.88. The Morgan fingerprint density at radius 1 is 0.841 bits per heavy atom. The van der Waals surface area contributed by atoms with Gasteiger partial charge in [0.2, 0.25) is 0 Å². The highest BCUT2D eigenvalue weighted by Crippen LogP contribution is 2.21. The summed E-state index contributed by atoms with van der Waals surface area (Å²) in [6.45, 7) is 3.29. The van der Waals surface area contributed by atoms with E-state index in [0.717, 1.165) is 40.8 Å². The van der Waals surface area contributed by atoms with Crippen molar-refractivity contribution in [3.05, 3.63) is 112 Å². The molecule has 0 unspecified atom stereocenters. The predicted octanol–water partition coefficient (Wildman–Crippen LogP) is 5.66. The van der Waals surface area contributed by atoms with Crippen molar-refractivity contribution in [1.82, 2.24) is 19.8 Å². The first kappa shape index (κ1) is 32.4. The zero-order chi connectivity index (χ0) is 31.3. The van der Waals surface area contributed by atoms with Gasteiger partial charge in [-0.05, 0) is 84.9 Å². The Kier molecular flexibility index (Phi) is 12.1. The molecule has 0 radical (unpaired) electrons. The lowest BCUT2D eigenvalue weighted by Crippen LogP contribution is -2.36. The molecule has 3 aromatic rings. The first-order valence-electron chi connectivity index (χ1n) is 13.8. The van der Waals surface area contributed by atoms with Gasteiger partial charge in [0.15, 0.2) is 0 Å². The van der Waals surface area contributed by atoms with Gasteiger partial charge >= 0.3 is 11.9 Å². The van der Waals surface area contributed by atoms with Crippen molar-refractivity contribution in [2.75, 3.05) is 19.6 Å². The quantitative estimate of drug-likeness (QED) is 0.0934. The van der Waals surface area contributed by atoms with Gasteiger partial charge in [-0.2, -0.15) is 10.3 Å². The van der Waals surface area contributed by atoms with Crippen LogP contribution in [0.25, 0.3) is 0 Å². The minimum absolute atomic E-state index is 0.00560. The fourth-order valence-corrected chi connectivity index (χ4v) is 5.25. The Morgan fingerprint density at radius 2 is 1.43 bits per heavy atom. The molecule has 0 fully saturated rings. The molecule has 0 bridgehead atoms. The zero-order valence-corrected chi connectivity index (χ0v) is 25.4. The summed E-state index contributed by atoms with van der Waals surface area (Å²) >= 11 is 5.84. The van der Waals surface area contributed by atoms with Crippen LogP contribution in [0.1, 0.15) is 50.8 Å². The van der Waals surface area contributed by atoms with Crippen molar-refractivity contribution < 1.29 is 19.8 Å². The van der Waals surface area contributed by atoms with E-state index < -0.39 is 11.9 Å². The van der Waals surface area contributed by atoms with Crippen LogP contribution in [0.4, 0.5) is 0 Å². The predicted molar refractivity (Wildman–Crippen MR) is 170 cm³/mol. The summed E-state index contributed by atoms with van der Waals surface area (Å²) in [5, 5.41) is 32.4. The maximum Gasteiger partial charge on any atom is 0.354 e. The second kappa shape index (κ2) is 16.4. The first-order chi connectivity index (χ1) is 21.3. The molecule has 0 aliphatic heterocycles. The number of benzene rings is 1. The molecule has 2 heterocycles. The van der Waals surface area contributed by atoms with E-state index in [1.165, 1.54) is 17.7 Å². The van der Waals surface area contributed by atoms with Crippen LogP contribution in [0.3, 0.4) is 0 Å². The molecule has 0 saturated heterocycles. The number of carbonyl (C=O) groups is 2. The van der Waals surface area contributed by atoms with Gasteiger partial charge in [-0.25, -0.2) is 19.6 Å². The molecule has 44 heavy (non-hydrogen) atoms. The summed E-state index contributed by atoms with van der Waals surface area (Å²) in [6.07, 6.45) is 5.56. The number of nitriles is 1. The van der Waals surface area contributed by atoms with Gasteiger partial charge in [-0.15, -0.1) is 0 Å². The Balaban J connectivity index is 1.57. The number of carboxylic acid groups (broad SMARTS) is 2. The fourth-order valence-electron chi connectivity index (χ4n) is 4.76. The number of thiocarbonyl (C=S) groups is 1. The molecular formula is C32H30N6O4S2. The van der Waals surface area contributed by atoms with Crippen LogP contribution in [-0.4, -0.2) is 66.7 Å². The highest BCUT2D eigenvalue weighted by Gasteiger charge is 2.17. The number of isothiocyanates is 1. The van der Waals surface area contributed by atoms with Crippen LogP contribution in [-0.2, 0) is 19.6 Å². The van der Waals surface area contributed by atoms with Crippen LogP contribution >= 0.6 is 24.0 Å². The monoisotopic (exact) mass is 626 g/mol. The third kappa shape index (κ3) is 10.1. The minimum atomic E-state index is -1.08. The molecule has 2 N–H and O–H groups in total. The third-order valence-corrected chi connectivity index (χ3v) is 7.57. The van der Waals surface area contributed by atoms with Gasteiger partial charge in [-0.1, -0.05) is 35.9 Å². The van der Waals surface area contributed by atoms with E-state index in [-0.39, 0.29) is 11.4 Å². The van der Waals surface area contributed by atoms with Gasteiger partial charge in [0, 0.05) is 44.2 Å². The molecule has 2 aromatic heterocycles. The van der Waals surface area contributed by atoms with Gasteiger partial charge in [-0.3, -0.25) is 9.80 Å². The van der Waals surface area contributed by atoms with E-state index in [1.807, 2.05) is 48.6 Å². The topological polar surface area (TPSA) is 143 Å². The number of thiocyanates is 1. The number of hydrogen-bond donors (Lipinski definition) is 2. The van der Waals surface area contributed by atoms with Crippen molar-refractivity contribution in [3.63, 3.8) is 0 Å². The standard InChI is InChI=1S/C32H30N6O4S2/c33-21-44-28-13-9-24(10-14-28)18-38(20-27-4-2-6-30(36-27)32(41)42)16-15-37(17-23-7-11-25(12-8-23)34-22-43)19-26-3-1-5-29(35-26)31(39)40/h1-7,9-11,13-14H,8,12,15-20H2,(H,39,40)(H,41,42). The summed E-state index contributed by atoms with van der Waals surface area (Å²) < 4.78 is 0. The largest absolute Gasteiger partial charge is 0.477 e. The molecule has 1 aromatic carbocycles. The maximum absolute atomic E-state index is 11.5. The molecule has 0 amide bonds. The molecule has 10 nitrogen and oxygen atoms in total. The number of aromatic carboxylic acids is 2. The van der Waals surface area contributed by atoms with E-state index in [2.05, 4.69) is 35.3 Å². The SMILES string of the molecule is N#CSc1ccc(CN(CCN(CC2=CC=C(N=C=S)CC2)Cc2cccc(C(=O)O)n2)Cc2cccc(C(=O)O)n2)cc1. The molecule has 12 heteroatoms. The maximum atomic E-state index is 11.5. The molecule has 0 atom stereocenters. The van der Waals surface area contributed by atoms with Crippen molar-refractivity contribution in [3.8, 4) is 5.40 Å². The van der Waals surface area contributed by atoms with E-state index >= 15 is 0 Å². The van der Waals surface area contributed by atoms with Gasteiger partial charge < -0.3 is 10.2 Å². The van der Waals surface area contributed by atoms with E-state index in [0.29, 0.717) is 50.7 Å². The Labute approximate surface area is 265 Å². The lowest BCUT2D eigenvalue weighted by molar-refractivity contribution is 0.0679. The van der Waals surface area contributed by atoms with Crippen LogP contribution in [0.2, 0.25) is 0 Å². The summed E-state index contributed by atoms with van der Waals surface area (Å²) in [7, 11) is 0. The lowest BCUT2D eigenvalue weighted by Gasteiger charge is -2.29. The first-order valence-corrected chi connectivity index (χ1v) is 15.0. The number of allylic oxidation sites excluding steroid dienone is 3. The number of pyridine rings is 2. The lowest BCUT2D eigenvalue weighted by atomic mass is 10.0. The number of nitrogens with zero attached hydrogens (tertiary/aromatic N) is 6. The summed E-state index contributed by atoms with van der Waals surface area (Å²) in [4.78, 5) is 41.1. The number of rotatable bonds is 15. The van der Waals surface area contributed by atoms with Gasteiger partial charge in [0.1, 0.15) is 16.8 Å². The normalized spacial score (nSPS) is 12.7. The highest BCUT2D eigenvalue weighted by molar-refractivity contribution is 8.03. The summed E-state index contributed by atoms with van der Waals surface area (Å²) in [6, 6.07) is 17.7. The van der Waals surface area contributed by atoms with Crippen LogP contribution in [0.5, 0.6) is 0 Å². The molecule has 0 spiro atoms. The number of aliphatic imine (C=N–C) groups is 1. The van der Waals surface area contributed by atoms with Crippen LogP contribution < -0.4 is 0 Å². The van der Waals surface area contributed by atoms with Crippen molar-refractivity contribution in [2.45, 2.75) is 37.4 Å². The summed E-state index contributed by atoms with van der Waals surface area (Å²) in [5.74, 6) is -2.16. The number of thioether (sulfide) groups is 1. The molecule has 1 aliphatic rings. The Morgan fingerprint density at radius 3 is 1.93 bits per heavy atom. The van der Waals surface area contributed by atoms with E-state index in [1.54, 1.807) is 12.1 Å². The van der Waals surface area contributed by atoms with Crippen molar-refractivity contribution in [2.24, 2.45) is 4.99 Å². The molecule has 224 valence electrons. The molecular weight excluding hydrogens is 597 g/mol. The average molecular weight is 627 g/mol. The fraction of sp³-hybridized carbons (Fsp3) is 0.250. The smallest absolute Gasteiger partial charge is 0.354 e. The minimum Gasteiger partial charge on any atom is -0.477 e. The number of aromatic nitrogens is 2. The number of hydrogen-bond acceptors (Lipinski definition) is 10. The van der Waals surface area contributed by atoms with Crippen LogP contribution in [0, 0.1) is 10.7 Å².